The normalized spacial score (nSPS) is 11.8. The van der Waals surface area contributed by atoms with Crippen molar-refractivity contribution >= 4 is 65.4 Å². The molecule has 4 aromatic heterocycles. The molecule has 0 fully saturated rings. The van der Waals surface area contributed by atoms with Crippen molar-refractivity contribution in [3.8, 4) is 51.0 Å². The van der Waals surface area contributed by atoms with Crippen molar-refractivity contribution in [3.05, 3.63) is 224 Å². The molecule has 0 aliphatic rings. The van der Waals surface area contributed by atoms with Crippen LogP contribution in [0.25, 0.3) is 116 Å². The Hall–Kier alpha value is -8.54. The zero-order chi connectivity index (χ0) is 41.4. The van der Waals surface area contributed by atoms with Crippen molar-refractivity contribution in [2.45, 2.75) is 0 Å². The minimum absolute atomic E-state index is 0.688. The lowest BCUT2D eigenvalue weighted by Gasteiger charge is -2.14. The highest BCUT2D eigenvalue weighted by Gasteiger charge is 2.25. The standard InChI is InChI=1S/C58H37N5/c1-5-17-38(18-6-1)50-37-51(39-19-7-2-8-20-39)60-58(59-50)40-29-31-43(32-30-40)62-53-28-16-14-26-45(53)47-34-36-49-48-35-33-46-44-25-13-15-27-52(44)61(41-21-9-3-10-22-41)54(46)56(48)63(57(49)55(47)62)42-23-11-4-12-24-42/h1-37H. The first kappa shape index (κ1) is 35.2. The molecule has 0 saturated carbocycles. The lowest BCUT2D eigenvalue weighted by Crippen LogP contribution is -2.00. The van der Waals surface area contributed by atoms with E-state index in [4.69, 9.17) is 9.97 Å². The summed E-state index contributed by atoms with van der Waals surface area (Å²) >= 11 is 0. The molecule has 0 saturated heterocycles. The third-order valence-electron chi connectivity index (χ3n) is 12.6. The second kappa shape index (κ2) is 14.0. The SMILES string of the molecule is c1ccc(-c2cc(-c3ccccc3)nc(-c3ccc(-n4c5ccccc5c5ccc6c7ccc8c9ccccc9n(-c9ccccc9)c8c7n(-c7ccccc7)c6c54)cc3)n2)cc1. The number of para-hydroxylation sites is 4. The Morgan fingerprint density at radius 2 is 0.603 bits per heavy atom. The lowest BCUT2D eigenvalue weighted by molar-refractivity contribution is 1.13. The molecule has 0 spiro atoms. The molecule has 0 aliphatic heterocycles. The third-order valence-corrected chi connectivity index (χ3v) is 12.6. The predicted octanol–water partition coefficient (Wildman–Crippen LogP) is 14.8. The fourth-order valence-corrected chi connectivity index (χ4v) is 9.88. The molecule has 0 N–H and O–H groups in total. The van der Waals surface area contributed by atoms with Gasteiger partial charge in [-0.3, -0.25) is 0 Å². The molecule has 4 heterocycles. The maximum atomic E-state index is 5.15. The van der Waals surface area contributed by atoms with Gasteiger partial charge < -0.3 is 13.7 Å². The van der Waals surface area contributed by atoms with Crippen LogP contribution in [-0.2, 0) is 0 Å². The monoisotopic (exact) mass is 803 g/mol. The molecule has 0 radical (unpaired) electrons. The van der Waals surface area contributed by atoms with Gasteiger partial charge in [-0.25, -0.2) is 9.97 Å². The summed E-state index contributed by atoms with van der Waals surface area (Å²) in [6, 6.07) is 80.1. The number of aromatic nitrogens is 5. The molecule has 5 heteroatoms. The summed E-state index contributed by atoms with van der Waals surface area (Å²) < 4.78 is 7.43. The molecule has 0 amide bonds. The van der Waals surface area contributed by atoms with Gasteiger partial charge >= 0.3 is 0 Å². The molecule has 0 bridgehead atoms. The first-order chi connectivity index (χ1) is 31.3. The van der Waals surface area contributed by atoms with E-state index in [-0.39, 0.29) is 0 Å². The number of hydrogen-bond donors (Lipinski definition) is 0. The Kier molecular flexibility index (Phi) is 7.84. The van der Waals surface area contributed by atoms with E-state index in [0.717, 1.165) is 61.7 Å². The number of fused-ring (bicyclic) bond motifs is 11. The van der Waals surface area contributed by atoms with Gasteiger partial charge in [-0.1, -0.05) is 158 Å². The molecule has 294 valence electrons. The third kappa shape index (κ3) is 5.43. The number of rotatable bonds is 6. The van der Waals surface area contributed by atoms with E-state index in [0.29, 0.717) is 5.82 Å². The molecule has 13 aromatic rings. The van der Waals surface area contributed by atoms with Gasteiger partial charge in [0.05, 0.1) is 44.5 Å². The lowest BCUT2D eigenvalue weighted by atomic mass is 10.1. The van der Waals surface area contributed by atoms with E-state index in [1.165, 1.54) is 48.9 Å². The molecule has 9 aromatic carbocycles. The van der Waals surface area contributed by atoms with Crippen LogP contribution in [0.15, 0.2) is 224 Å². The summed E-state index contributed by atoms with van der Waals surface area (Å²) in [5, 5.41) is 7.28. The number of benzene rings is 9. The second-order valence-electron chi connectivity index (χ2n) is 16.2. The Labute approximate surface area is 363 Å². The summed E-state index contributed by atoms with van der Waals surface area (Å²) in [5.41, 5.74) is 15.2. The summed E-state index contributed by atoms with van der Waals surface area (Å²) in [6.07, 6.45) is 0. The van der Waals surface area contributed by atoms with Crippen LogP contribution in [0.3, 0.4) is 0 Å². The smallest absolute Gasteiger partial charge is 0.160 e. The highest BCUT2D eigenvalue weighted by atomic mass is 15.1. The van der Waals surface area contributed by atoms with Gasteiger partial charge in [0.2, 0.25) is 0 Å². The van der Waals surface area contributed by atoms with E-state index >= 15 is 0 Å². The maximum absolute atomic E-state index is 5.15. The van der Waals surface area contributed by atoms with Gasteiger partial charge in [0.25, 0.3) is 0 Å². The zero-order valence-electron chi connectivity index (χ0n) is 34.1. The van der Waals surface area contributed by atoms with E-state index in [1.807, 2.05) is 12.1 Å². The molecule has 13 rings (SSSR count). The van der Waals surface area contributed by atoms with Crippen LogP contribution in [-0.4, -0.2) is 23.7 Å². The minimum atomic E-state index is 0.688. The van der Waals surface area contributed by atoms with Gasteiger partial charge in [0.15, 0.2) is 5.82 Å². The van der Waals surface area contributed by atoms with Crippen molar-refractivity contribution in [1.82, 2.24) is 23.7 Å². The van der Waals surface area contributed by atoms with Crippen LogP contribution in [0.1, 0.15) is 0 Å². The molecule has 0 unspecified atom stereocenters. The molecular weight excluding hydrogens is 767 g/mol. The largest absolute Gasteiger partial charge is 0.307 e. The van der Waals surface area contributed by atoms with Crippen LogP contribution < -0.4 is 0 Å². The Morgan fingerprint density at radius 1 is 0.254 bits per heavy atom. The van der Waals surface area contributed by atoms with Crippen molar-refractivity contribution < 1.29 is 0 Å². The summed E-state index contributed by atoms with van der Waals surface area (Å²) in [7, 11) is 0. The second-order valence-corrected chi connectivity index (χ2v) is 16.2. The molecule has 0 aliphatic carbocycles. The highest BCUT2D eigenvalue weighted by molar-refractivity contribution is 6.29. The van der Waals surface area contributed by atoms with Crippen LogP contribution in [0.2, 0.25) is 0 Å². The van der Waals surface area contributed by atoms with Crippen LogP contribution in [0.5, 0.6) is 0 Å². The van der Waals surface area contributed by atoms with Crippen molar-refractivity contribution in [3.63, 3.8) is 0 Å². The molecule has 0 atom stereocenters. The number of nitrogens with zero attached hydrogens (tertiary/aromatic N) is 5. The Balaban J connectivity index is 1.10. The topological polar surface area (TPSA) is 40.6 Å². The average molecular weight is 804 g/mol. The fraction of sp³-hybridized carbons (Fsp3) is 0. The van der Waals surface area contributed by atoms with Gasteiger partial charge in [-0.05, 0) is 66.7 Å². The molecule has 63 heavy (non-hydrogen) atoms. The van der Waals surface area contributed by atoms with Gasteiger partial charge in [0.1, 0.15) is 0 Å². The summed E-state index contributed by atoms with van der Waals surface area (Å²) in [4.78, 5) is 10.3. The van der Waals surface area contributed by atoms with Crippen molar-refractivity contribution in [2.75, 3.05) is 0 Å². The van der Waals surface area contributed by atoms with E-state index < -0.39 is 0 Å². The quantitative estimate of drug-likeness (QED) is 0.168. The van der Waals surface area contributed by atoms with Crippen molar-refractivity contribution in [2.24, 2.45) is 0 Å². The fourth-order valence-electron chi connectivity index (χ4n) is 9.88. The predicted molar refractivity (Wildman–Crippen MR) is 261 cm³/mol. The first-order valence-corrected chi connectivity index (χ1v) is 21.4. The van der Waals surface area contributed by atoms with Crippen LogP contribution in [0.4, 0.5) is 0 Å². The van der Waals surface area contributed by atoms with Crippen molar-refractivity contribution in [1.29, 1.82) is 0 Å². The van der Waals surface area contributed by atoms with E-state index in [1.54, 1.807) is 0 Å². The zero-order valence-corrected chi connectivity index (χ0v) is 34.1. The van der Waals surface area contributed by atoms with Gasteiger partial charge in [0, 0.05) is 66.1 Å². The summed E-state index contributed by atoms with van der Waals surface area (Å²) in [6.45, 7) is 0. The Bertz CT molecular complexity index is 3810. The summed E-state index contributed by atoms with van der Waals surface area (Å²) in [5.74, 6) is 0.688. The highest BCUT2D eigenvalue weighted by Crippen LogP contribution is 2.46. The number of hydrogen-bond acceptors (Lipinski definition) is 2. The average Bonchev–Trinajstić information content (AvgIpc) is 4.01. The minimum Gasteiger partial charge on any atom is -0.307 e. The maximum Gasteiger partial charge on any atom is 0.160 e. The molecule has 5 nitrogen and oxygen atoms in total. The van der Waals surface area contributed by atoms with Gasteiger partial charge in [-0.2, -0.15) is 0 Å². The molecular formula is C58H37N5. The van der Waals surface area contributed by atoms with Crippen LogP contribution in [0, 0.1) is 0 Å². The van der Waals surface area contributed by atoms with E-state index in [2.05, 4.69) is 226 Å². The van der Waals surface area contributed by atoms with Crippen LogP contribution >= 0.6 is 0 Å². The van der Waals surface area contributed by atoms with E-state index in [9.17, 15) is 0 Å². The first-order valence-electron chi connectivity index (χ1n) is 21.4. The Morgan fingerprint density at radius 3 is 1.06 bits per heavy atom. The van der Waals surface area contributed by atoms with Gasteiger partial charge in [-0.15, -0.1) is 0 Å².